The third kappa shape index (κ3) is 5.12. The second-order valence-corrected chi connectivity index (χ2v) is 6.25. The Balaban J connectivity index is 1.43. The Kier molecular flexibility index (Phi) is 5.74. The molecular formula is C19H17FN2O2S. The molecule has 0 aliphatic heterocycles. The summed E-state index contributed by atoms with van der Waals surface area (Å²) >= 11 is 1.50. The first-order chi connectivity index (χ1) is 12.2. The van der Waals surface area contributed by atoms with Crippen molar-refractivity contribution in [3.8, 4) is 10.6 Å². The molecule has 0 aliphatic rings. The van der Waals surface area contributed by atoms with E-state index < -0.39 is 6.09 Å². The Morgan fingerprint density at radius 2 is 1.88 bits per heavy atom. The number of carbonyl (C=O) groups is 1. The Labute approximate surface area is 149 Å². The number of benzene rings is 2. The van der Waals surface area contributed by atoms with Gasteiger partial charge in [-0.15, -0.1) is 11.3 Å². The Hall–Kier alpha value is -2.73. The summed E-state index contributed by atoms with van der Waals surface area (Å²) in [6.45, 7) is 0.693. The van der Waals surface area contributed by atoms with Crippen LogP contribution in [0.4, 0.5) is 9.18 Å². The van der Waals surface area contributed by atoms with Crippen molar-refractivity contribution in [1.82, 2.24) is 10.3 Å². The fraction of sp³-hybridized carbons (Fsp3) is 0.158. The molecule has 0 bridgehead atoms. The molecule has 25 heavy (non-hydrogen) atoms. The van der Waals surface area contributed by atoms with Crippen LogP contribution in [-0.2, 0) is 17.8 Å². The summed E-state index contributed by atoms with van der Waals surface area (Å²) in [4.78, 5) is 16.2. The van der Waals surface area contributed by atoms with Crippen molar-refractivity contribution in [3.05, 3.63) is 77.1 Å². The molecule has 3 rings (SSSR count). The summed E-state index contributed by atoms with van der Waals surface area (Å²) < 4.78 is 18.1. The zero-order valence-corrected chi connectivity index (χ0v) is 14.3. The highest BCUT2D eigenvalue weighted by molar-refractivity contribution is 7.13. The third-order valence-electron chi connectivity index (χ3n) is 3.51. The zero-order valence-electron chi connectivity index (χ0n) is 13.4. The third-order valence-corrected chi connectivity index (χ3v) is 4.45. The minimum Gasteiger partial charge on any atom is -0.445 e. The molecule has 6 heteroatoms. The Morgan fingerprint density at radius 1 is 1.12 bits per heavy atom. The lowest BCUT2D eigenvalue weighted by atomic mass is 10.2. The van der Waals surface area contributed by atoms with Crippen LogP contribution in [0.2, 0.25) is 0 Å². The highest BCUT2D eigenvalue weighted by Crippen LogP contribution is 2.23. The molecule has 0 aliphatic carbocycles. The van der Waals surface area contributed by atoms with E-state index in [-0.39, 0.29) is 12.4 Å². The monoisotopic (exact) mass is 356 g/mol. The summed E-state index contributed by atoms with van der Waals surface area (Å²) in [5, 5.41) is 5.49. The van der Waals surface area contributed by atoms with Crippen LogP contribution in [0, 0.1) is 5.82 Å². The Morgan fingerprint density at radius 3 is 2.64 bits per heavy atom. The molecule has 1 N–H and O–H groups in total. The van der Waals surface area contributed by atoms with Crippen molar-refractivity contribution in [2.24, 2.45) is 0 Å². The highest BCUT2D eigenvalue weighted by atomic mass is 32.1. The SMILES string of the molecule is O=C(NCCc1csc(-c2ccc(F)cc2)n1)OCc1ccccc1. The Bertz CT molecular complexity index is 819. The van der Waals surface area contributed by atoms with E-state index >= 15 is 0 Å². The topological polar surface area (TPSA) is 51.2 Å². The minimum atomic E-state index is -0.446. The van der Waals surface area contributed by atoms with Gasteiger partial charge in [0.05, 0.1) is 5.69 Å². The smallest absolute Gasteiger partial charge is 0.407 e. The average Bonchev–Trinajstić information content (AvgIpc) is 3.10. The van der Waals surface area contributed by atoms with Crippen molar-refractivity contribution in [3.63, 3.8) is 0 Å². The van der Waals surface area contributed by atoms with Gasteiger partial charge in [-0.1, -0.05) is 30.3 Å². The predicted octanol–water partition coefficient (Wildman–Crippen LogP) is 4.42. The van der Waals surface area contributed by atoms with Gasteiger partial charge in [-0.3, -0.25) is 0 Å². The standard InChI is InChI=1S/C19H17FN2O2S/c20-16-8-6-15(7-9-16)18-22-17(13-25-18)10-11-21-19(23)24-12-14-4-2-1-3-5-14/h1-9,13H,10-12H2,(H,21,23). The van der Waals surface area contributed by atoms with Crippen LogP contribution in [0.1, 0.15) is 11.3 Å². The maximum absolute atomic E-state index is 13.0. The van der Waals surface area contributed by atoms with Gasteiger partial charge in [-0.05, 0) is 29.8 Å². The van der Waals surface area contributed by atoms with Crippen LogP contribution in [0.25, 0.3) is 10.6 Å². The van der Waals surface area contributed by atoms with Crippen LogP contribution >= 0.6 is 11.3 Å². The van der Waals surface area contributed by atoms with Gasteiger partial charge in [0.2, 0.25) is 0 Å². The normalized spacial score (nSPS) is 10.4. The number of hydrogen-bond acceptors (Lipinski definition) is 4. The molecule has 3 aromatic rings. The molecule has 0 saturated heterocycles. The van der Waals surface area contributed by atoms with Gasteiger partial charge in [-0.2, -0.15) is 0 Å². The van der Waals surface area contributed by atoms with Gasteiger partial charge in [-0.25, -0.2) is 14.2 Å². The van der Waals surface area contributed by atoms with Gasteiger partial charge in [0.15, 0.2) is 0 Å². The van der Waals surface area contributed by atoms with E-state index in [2.05, 4.69) is 10.3 Å². The van der Waals surface area contributed by atoms with Gasteiger partial charge < -0.3 is 10.1 Å². The maximum Gasteiger partial charge on any atom is 0.407 e. The number of nitrogens with zero attached hydrogens (tertiary/aromatic N) is 1. The lowest BCUT2D eigenvalue weighted by Crippen LogP contribution is -2.26. The summed E-state index contributed by atoms with van der Waals surface area (Å²) in [5.41, 5.74) is 2.71. The fourth-order valence-corrected chi connectivity index (χ4v) is 3.07. The number of rotatable bonds is 6. The first kappa shape index (κ1) is 17.1. The second-order valence-electron chi connectivity index (χ2n) is 5.39. The molecule has 1 amide bonds. The van der Waals surface area contributed by atoms with Crippen molar-refractivity contribution >= 4 is 17.4 Å². The van der Waals surface area contributed by atoms with Crippen molar-refractivity contribution in [2.45, 2.75) is 13.0 Å². The highest BCUT2D eigenvalue weighted by Gasteiger charge is 2.07. The summed E-state index contributed by atoms with van der Waals surface area (Å²) in [6.07, 6.45) is 0.163. The van der Waals surface area contributed by atoms with E-state index in [1.807, 2.05) is 35.7 Å². The van der Waals surface area contributed by atoms with E-state index in [4.69, 9.17) is 4.74 Å². The lowest BCUT2D eigenvalue weighted by molar-refractivity contribution is 0.140. The minimum absolute atomic E-state index is 0.248. The van der Waals surface area contributed by atoms with E-state index in [0.717, 1.165) is 21.8 Å². The summed E-state index contributed by atoms with van der Waals surface area (Å²) in [6, 6.07) is 15.8. The molecule has 0 spiro atoms. The molecule has 1 aromatic heterocycles. The van der Waals surface area contributed by atoms with Crippen LogP contribution in [0.5, 0.6) is 0 Å². The van der Waals surface area contributed by atoms with E-state index in [1.54, 1.807) is 12.1 Å². The van der Waals surface area contributed by atoms with Crippen LogP contribution in [-0.4, -0.2) is 17.6 Å². The fourth-order valence-electron chi connectivity index (χ4n) is 2.21. The second kappa shape index (κ2) is 8.39. The number of amides is 1. The number of carbonyl (C=O) groups excluding carboxylic acids is 1. The number of nitrogens with one attached hydrogen (secondary N) is 1. The predicted molar refractivity (Wildman–Crippen MR) is 95.8 cm³/mol. The molecule has 0 saturated carbocycles. The lowest BCUT2D eigenvalue weighted by Gasteiger charge is -2.06. The molecule has 0 atom stereocenters. The van der Waals surface area contributed by atoms with Gasteiger partial charge >= 0.3 is 6.09 Å². The van der Waals surface area contributed by atoms with E-state index in [0.29, 0.717) is 13.0 Å². The van der Waals surface area contributed by atoms with Gasteiger partial charge in [0.25, 0.3) is 0 Å². The van der Waals surface area contributed by atoms with Gasteiger partial charge in [0.1, 0.15) is 17.4 Å². The molecule has 4 nitrogen and oxygen atoms in total. The molecule has 2 aromatic carbocycles. The van der Waals surface area contributed by atoms with E-state index in [1.165, 1.54) is 23.5 Å². The molecule has 128 valence electrons. The van der Waals surface area contributed by atoms with Crippen LogP contribution < -0.4 is 5.32 Å². The van der Waals surface area contributed by atoms with Crippen molar-refractivity contribution in [1.29, 1.82) is 0 Å². The molecule has 1 heterocycles. The first-order valence-corrected chi connectivity index (χ1v) is 8.73. The number of aromatic nitrogens is 1. The summed E-state index contributed by atoms with van der Waals surface area (Å²) in [5.74, 6) is -0.265. The average molecular weight is 356 g/mol. The molecule has 0 unspecified atom stereocenters. The first-order valence-electron chi connectivity index (χ1n) is 7.85. The number of ether oxygens (including phenoxy) is 1. The number of halogens is 1. The van der Waals surface area contributed by atoms with Crippen molar-refractivity contribution in [2.75, 3.05) is 6.54 Å². The number of alkyl carbamates (subject to hydrolysis) is 1. The van der Waals surface area contributed by atoms with Crippen molar-refractivity contribution < 1.29 is 13.9 Å². The largest absolute Gasteiger partial charge is 0.445 e. The molecule has 0 radical (unpaired) electrons. The zero-order chi connectivity index (χ0) is 17.5. The van der Waals surface area contributed by atoms with Gasteiger partial charge in [0, 0.05) is 23.9 Å². The van der Waals surface area contributed by atoms with Crippen LogP contribution in [0.15, 0.2) is 60.0 Å². The molecular weight excluding hydrogens is 339 g/mol. The number of thiazole rings is 1. The quantitative estimate of drug-likeness (QED) is 0.711. The molecule has 0 fully saturated rings. The number of hydrogen-bond donors (Lipinski definition) is 1. The maximum atomic E-state index is 13.0. The summed E-state index contributed by atoms with van der Waals surface area (Å²) in [7, 11) is 0. The van der Waals surface area contributed by atoms with Crippen LogP contribution in [0.3, 0.4) is 0 Å². The van der Waals surface area contributed by atoms with E-state index in [9.17, 15) is 9.18 Å².